The van der Waals surface area contributed by atoms with E-state index in [1.807, 2.05) is 30.3 Å². The van der Waals surface area contributed by atoms with Gasteiger partial charge in [-0.15, -0.1) is 0 Å². The molecular formula is C15H18N2O5S. The zero-order valence-electron chi connectivity index (χ0n) is 12.8. The summed E-state index contributed by atoms with van der Waals surface area (Å²) in [5.74, 6) is -0.403. The predicted octanol–water partition coefficient (Wildman–Crippen LogP) is 1.58. The van der Waals surface area contributed by atoms with Crippen molar-refractivity contribution in [1.82, 2.24) is 10.6 Å². The lowest BCUT2D eigenvalue weighted by atomic mass is 10.0. The third kappa shape index (κ3) is 3.59. The number of benzene rings is 1. The summed E-state index contributed by atoms with van der Waals surface area (Å²) in [4.78, 5) is 11.7. The first-order valence-corrected chi connectivity index (χ1v) is 8.82. The van der Waals surface area contributed by atoms with E-state index in [9.17, 15) is 13.2 Å². The number of nitrogens with zero attached hydrogens (tertiary/aromatic N) is 1. The van der Waals surface area contributed by atoms with Gasteiger partial charge in [0.05, 0.1) is 5.69 Å². The lowest BCUT2D eigenvalue weighted by molar-refractivity contribution is -0.131. The minimum Gasteiger partial charge on any atom is -0.356 e. The molecule has 2 rings (SSSR count). The highest BCUT2D eigenvalue weighted by Gasteiger charge is 2.43. The maximum atomic E-state index is 11.9. The molecule has 0 saturated carbocycles. The fourth-order valence-electron chi connectivity index (χ4n) is 2.12. The number of aryl methyl sites for hydroxylation is 1. The number of sulfone groups is 1. The number of carbonyl (C=O) groups excluding carboxylic acids is 1. The van der Waals surface area contributed by atoms with E-state index in [0.29, 0.717) is 11.5 Å². The molecule has 0 spiro atoms. The van der Waals surface area contributed by atoms with Crippen LogP contribution in [0.15, 0.2) is 40.9 Å². The average molecular weight is 338 g/mol. The summed E-state index contributed by atoms with van der Waals surface area (Å²) in [5.41, 5.74) is 2.80. The van der Waals surface area contributed by atoms with Crippen LogP contribution in [0.4, 0.5) is 0 Å². The van der Waals surface area contributed by atoms with Crippen LogP contribution in [0.3, 0.4) is 0 Å². The molecule has 0 aliphatic carbocycles. The van der Waals surface area contributed by atoms with Crippen molar-refractivity contribution in [3.05, 3.63) is 42.1 Å². The summed E-state index contributed by atoms with van der Waals surface area (Å²) in [5, 5.41) is 12.7. The summed E-state index contributed by atoms with van der Waals surface area (Å²) in [6.07, 6.45) is 1.15. The first kappa shape index (κ1) is 17.2. The molecule has 0 aliphatic rings. The molecule has 1 atom stereocenters. The summed E-state index contributed by atoms with van der Waals surface area (Å²) >= 11 is 0. The Bertz CT molecular complexity index is 785. The van der Waals surface area contributed by atoms with Gasteiger partial charge < -0.3 is 4.52 Å². The summed E-state index contributed by atoms with van der Waals surface area (Å²) in [7, 11) is -3.72. The van der Waals surface area contributed by atoms with Crippen LogP contribution in [-0.4, -0.2) is 35.7 Å². The van der Waals surface area contributed by atoms with Gasteiger partial charge in [0, 0.05) is 17.9 Å². The van der Waals surface area contributed by atoms with Crippen LogP contribution in [0.5, 0.6) is 0 Å². The van der Waals surface area contributed by atoms with Gasteiger partial charge in [0.2, 0.25) is 0 Å². The summed E-state index contributed by atoms with van der Waals surface area (Å²) in [6.45, 7) is 1.27. The molecule has 0 unspecified atom stereocenters. The van der Waals surface area contributed by atoms with Gasteiger partial charge >= 0.3 is 0 Å². The van der Waals surface area contributed by atoms with E-state index in [4.69, 9.17) is 9.73 Å². The highest BCUT2D eigenvalue weighted by Crippen LogP contribution is 2.25. The largest absolute Gasteiger partial charge is 0.356 e. The monoisotopic (exact) mass is 338 g/mol. The van der Waals surface area contributed by atoms with Gasteiger partial charge in [-0.3, -0.25) is 10.0 Å². The Hall–Kier alpha value is -2.19. The molecule has 124 valence electrons. The van der Waals surface area contributed by atoms with E-state index in [1.54, 1.807) is 6.07 Å². The SMILES string of the molecule is C[C@@](CCc1cc(-c2ccccc2)on1)(C(=O)NO)S(C)(=O)=O. The topological polar surface area (TPSA) is 110 Å². The van der Waals surface area contributed by atoms with Crippen molar-refractivity contribution in [3.63, 3.8) is 0 Å². The third-order valence-corrected chi connectivity index (χ3v) is 5.90. The molecule has 1 aromatic heterocycles. The predicted molar refractivity (Wildman–Crippen MR) is 83.4 cm³/mol. The average Bonchev–Trinajstić information content (AvgIpc) is 3.00. The third-order valence-electron chi connectivity index (χ3n) is 3.88. The zero-order valence-corrected chi connectivity index (χ0v) is 13.6. The van der Waals surface area contributed by atoms with Gasteiger partial charge in [-0.1, -0.05) is 35.5 Å². The first-order valence-electron chi connectivity index (χ1n) is 6.93. The molecule has 0 aliphatic heterocycles. The van der Waals surface area contributed by atoms with Crippen molar-refractivity contribution in [2.45, 2.75) is 24.5 Å². The molecule has 23 heavy (non-hydrogen) atoms. The minimum absolute atomic E-state index is 0.0288. The lowest BCUT2D eigenvalue weighted by Gasteiger charge is -2.24. The second-order valence-corrected chi connectivity index (χ2v) is 7.94. The second kappa shape index (κ2) is 6.51. The molecule has 0 fully saturated rings. The number of hydrogen-bond acceptors (Lipinski definition) is 6. The molecule has 8 heteroatoms. The van der Waals surface area contributed by atoms with E-state index < -0.39 is 20.5 Å². The van der Waals surface area contributed by atoms with Gasteiger partial charge in [-0.25, -0.2) is 13.9 Å². The Morgan fingerprint density at radius 3 is 2.57 bits per heavy atom. The fraction of sp³-hybridized carbons (Fsp3) is 0.333. The second-order valence-electron chi connectivity index (χ2n) is 5.49. The van der Waals surface area contributed by atoms with E-state index in [1.165, 1.54) is 12.4 Å². The number of carbonyl (C=O) groups is 1. The Labute approximate surface area is 134 Å². The normalized spacial score (nSPS) is 14.2. The van der Waals surface area contributed by atoms with Crippen LogP contribution < -0.4 is 5.48 Å². The number of nitrogens with one attached hydrogen (secondary N) is 1. The summed E-state index contributed by atoms with van der Waals surface area (Å²) in [6, 6.07) is 11.0. The number of amides is 1. The molecular weight excluding hydrogens is 320 g/mol. The van der Waals surface area contributed by atoms with Crippen molar-refractivity contribution in [2.75, 3.05) is 6.26 Å². The highest BCUT2D eigenvalue weighted by atomic mass is 32.2. The molecule has 0 bridgehead atoms. The lowest BCUT2D eigenvalue weighted by Crippen LogP contribution is -2.49. The quantitative estimate of drug-likeness (QED) is 0.611. The van der Waals surface area contributed by atoms with Crippen LogP contribution in [-0.2, 0) is 21.1 Å². The van der Waals surface area contributed by atoms with Crippen molar-refractivity contribution < 1.29 is 22.9 Å². The van der Waals surface area contributed by atoms with E-state index >= 15 is 0 Å². The molecule has 1 heterocycles. The molecule has 0 saturated heterocycles. The van der Waals surface area contributed by atoms with Crippen molar-refractivity contribution >= 4 is 15.7 Å². The van der Waals surface area contributed by atoms with Gasteiger partial charge in [-0.2, -0.15) is 0 Å². The van der Waals surface area contributed by atoms with Crippen LogP contribution in [0.2, 0.25) is 0 Å². The maximum absolute atomic E-state index is 11.9. The van der Waals surface area contributed by atoms with Gasteiger partial charge in [-0.05, 0) is 19.8 Å². The highest BCUT2D eigenvalue weighted by molar-refractivity contribution is 7.92. The Morgan fingerprint density at radius 2 is 2.00 bits per heavy atom. The molecule has 7 nitrogen and oxygen atoms in total. The van der Waals surface area contributed by atoms with Gasteiger partial charge in [0.1, 0.15) is 4.75 Å². The Kier molecular flexibility index (Phi) is 4.86. The smallest absolute Gasteiger partial charge is 0.264 e. The van der Waals surface area contributed by atoms with Crippen LogP contribution in [0, 0.1) is 0 Å². The molecule has 2 aromatic rings. The first-order chi connectivity index (χ1) is 10.8. The minimum atomic E-state index is -3.72. The standard InChI is InChI=1S/C15H18N2O5S/c1-15(14(18)16-19,23(2,20)21)9-8-12-10-13(22-17-12)11-6-4-3-5-7-11/h3-7,10,19H,8-9H2,1-2H3,(H,16,18)/t15-/m1/s1. The number of hydrogen-bond donors (Lipinski definition) is 2. The number of hydroxylamine groups is 1. The maximum Gasteiger partial charge on any atom is 0.264 e. The van der Waals surface area contributed by atoms with Crippen LogP contribution >= 0.6 is 0 Å². The van der Waals surface area contributed by atoms with Crippen LogP contribution in [0.25, 0.3) is 11.3 Å². The Balaban J connectivity index is 2.17. The molecule has 0 radical (unpaired) electrons. The number of rotatable bonds is 6. The zero-order chi connectivity index (χ0) is 17.1. The number of aromatic nitrogens is 1. The fourth-order valence-corrected chi connectivity index (χ4v) is 2.98. The summed E-state index contributed by atoms with van der Waals surface area (Å²) < 4.78 is 27.3. The van der Waals surface area contributed by atoms with Crippen LogP contribution in [0.1, 0.15) is 19.0 Å². The van der Waals surface area contributed by atoms with Gasteiger partial charge in [0.25, 0.3) is 5.91 Å². The molecule has 2 N–H and O–H groups in total. The van der Waals surface area contributed by atoms with Crippen molar-refractivity contribution in [1.29, 1.82) is 0 Å². The van der Waals surface area contributed by atoms with Crippen molar-refractivity contribution in [3.8, 4) is 11.3 Å². The molecule has 1 aromatic carbocycles. The molecule has 1 amide bonds. The van der Waals surface area contributed by atoms with E-state index in [-0.39, 0.29) is 12.8 Å². The van der Waals surface area contributed by atoms with E-state index in [0.717, 1.165) is 11.8 Å². The Morgan fingerprint density at radius 1 is 1.35 bits per heavy atom. The van der Waals surface area contributed by atoms with Gasteiger partial charge in [0.15, 0.2) is 15.6 Å². The van der Waals surface area contributed by atoms with E-state index in [2.05, 4.69) is 5.16 Å². The van der Waals surface area contributed by atoms with Crippen molar-refractivity contribution in [2.24, 2.45) is 0 Å².